The highest BCUT2D eigenvalue weighted by molar-refractivity contribution is 7.16. The van der Waals surface area contributed by atoms with E-state index in [1.165, 1.54) is 0 Å². The Balaban J connectivity index is 1.29. The Kier molecular flexibility index (Phi) is 5.25. The molecule has 0 aliphatic carbocycles. The van der Waals surface area contributed by atoms with Crippen molar-refractivity contribution in [1.29, 1.82) is 0 Å². The number of hydrogen-bond acceptors (Lipinski definition) is 7. The smallest absolute Gasteiger partial charge is 0.238 e. The fourth-order valence-corrected chi connectivity index (χ4v) is 5.29. The molecule has 4 heterocycles. The molecule has 1 amide bonds. The highest BCUT2D eigenvalue weighted by atomic mass is 32.1. The molecule has 1 fully saturated rings. The first-order valence-electron chi connectivity index (χ1n) is 10.4. The minimum Gasteiger partial charge on any atom is -0.348 e. The van der Waals surface area contributed by atoms with Gasteiger partial charge >= 0.3 is 0 Å². The topological polar surface area (TPSA) is 74.2 Å². The SMILES string of the molecule is C[C@@H]1CN(CC(=O)Nc2cccc3ncccc23)C[C@H](C)N1c1ncnc2sccc12. The minimum absolute atomic E-state index is 0.00790. The molecule has 7 nitrogen and oxygen atoms in total. The van der Waals surface area contributed by atoms with Crippen LogP contribution in [0.4, 0.5) is 11.5 Å². The van der Waals surface area contributed by atoms with Gasteiger partial charge in [0.2, 0.25) is 5.91 Å². The zero-order valence-corrected chi connectivity index (χ0v) is 18.3. The molecule has 1 aliphatic heterocycles. The Morgan fingerprint density at radius 1 is 1.06 bits per heavy atom. The molecule has 0 saturated carbocycles. The third-order valence-electron chi connectivity index (χ3n) is 5.77. The van der Waals surface area contributed by atoms with Gasteiger partial charge in [0.05, 0.1) is 23.1 Å². The van der Waals surface area contributed by atoms with E-state index in [0.717, 1.165) is 45.7 Å². The summed E-state index contributed by atoms with van der Waals surface area (Å²) >= 11 is 1.63. The number of nitrogens with one attached hydrogen (secondary N) is 1. The van der Waals surface area contributed by atoms with Gasteiger partial charge in [0, 0.05) is 36.8 Å². The quantitative estimate of drug-likeness (QED) is 0.529. The molecule has 158 valence electrons. The van der Waals surface area contributed by atoms with Gasteiger partial charge in [0.1, 0.15) is 17.0 Å². The number of fused-ring (bicyclic) bond motifs is 2. The number of carbonyl (C=O) groups excluding carboxylic acids is 1. The third-order valence-corrected chi connectivity index (χ3v) is 6.59. The van der Waals surface area contributed by atoms with Crippen LogP contribution < -0.4 is 10.2 Å². The summed E-state index contributed by atoms with van der Waals surface area (Å²) in [5.74, 6) is 0.977. The van der Waals surface area contributed by atoms with Crippen molar-refractivity contribution in [1.82, 2.24) is 19.9 Å². The van der Waals surface area contributed by atoms with Crippen molar-refractivity contribution in [2.75, 3.05) is 29.9 Å². The van der Waals surface area contributed by atoms with Gasteiger partial charge in [-0.2, -0.15) is 0 Å². The molecule has 1 aromatic carbocycles. The zero-order chi connectivity index (χ0) is 21.4. The number of aromatic nitrogens is 3. The number of thiophene rings is 1. The second-order valence-electron chi connectivity index (χ2n) is 8.06. The standard InChI is InChI=1S/C23H24N6OS/c1-15-11-28(12-16(2)29(15)22-18-8-10-31-23(18)26-14-25-22)13-21(30)27-20-7-3-6-19-17(20)5-4-9-24-19/h3-10,14-16H,11-13H2,1-2H3,(H,27,30)/t15-,16+. The number of pyridine rings is 1. The number of benzene rings is 1. The number of rotatable bonds is 4. The molecule has 1 aliphatic rings. The highest BCUT2D eigenvalue weighted by Gasteiger charge is 2.32. The van der Waals surface area contributed by atoms with Crippen LogP contribution in [0.3, 0.4) is 0 Å². The first kappa shape index (κ1) is 19.8. The summed E-state index contributed by atoms with van der Waals surface area (Å²) in [6, 6.07) is 12.2. The molecule has 1 saturated heterocycles. The summed E-state index contributed by atoms with van der Waals surface area (Å²) in [4.78, 5) is 31.7. The second-order valence-corrected chi connectivity index (χ2v) is 8.95. The molecule has 0 spiro atoms. The monoisotopic (exact) mass is 432 g/mol. The lowest BCUT2D eigenvalue weighted by Gasteiger charge is -2.45. The van der Waals surface area contributed by atoms with Crippen molar-refractivity contribution in [2.45, 2.75) is 25.9 Å². The third kappa shape index (κ3) is 3.84. The number of piperazine rings is 1. The molecule has 0 unspecified atom stereocenters. The summed E-state index contributed by atoms with van der Waals surface area (Å²) in [5, 5.41) is 7.18. The maximum atomic E-state index is 12.8. The fourth-order valence-electron chi connectivity index (χ4n) is 4.57. The van der Waals surface area contributed by atoms with Gasteiger partial charge in [-0.25, -0.2) is 9.97 Å². The number of carbonyl (C=O) groups is 1. The molecule has 0 bridgehead atoms. The largest absolute Gasteiger partial charge is 0.348 e. The van der Waals surface area contributed by atoms with E-state index in [4.69, 9.17) is 0 Å². The fraction of sp³-hybridized carbons (Fsp3) is 0.304. The maximum absolute atomic E-state index is 12.8. The van der Waals surface area contributed by atoms with Crippen molar-refractivity contribution in [3.8, 4) is 0 Å². The molecule has 2 atom stereocenters. The number of nitrogens with zero attached hydrogens (tertiary/aromatic N) is 5. The van der Waals surface area contributed by atoms with Crippen LogP contribution in [0.2, 0.25) is 0 Å². The lowest BCUT2D eigenvalue weighted by molar-refractivity contribution is -0.117. The normalized spacial score (nSPS) is 19.7. The molecule has 31 heavy (non-hydrogen) atoms. The van der Waals surface area contributed by atoms with Crippen molar-refractivity contribution < 1.29 is 4.79 Å². The van der Waals surface area contributed by atoms with Gasteiger partial charge < -0.3 is 10.2 Å². The van der Waals surface area contributed by atoms with Crippen LogP contribution in [0, 0.1) is 0 Å². The van der Waals surface area contributed by atoms with Gasteiger partial charge in [-0.1, -0.05) is 6.07 Å². The Morgan fingerprint density at radius 3 is 2.74 bits per heavy atom. The molecule has 1 N–H and O–H groups in total. The van der Waals surface area contributed by atoms with E-state index in [1.807, 2.05) is 30.3 Å². The van der Waals surface area contributed by atoms with E-state index < -0.39 is 0 Å². The summed E-state index contributed by atoms with van der Waals surface area (Å²) in [7, 11) is 0. The van der Waals surface area contributed by atoms with Crippen LogP contribution in [0.1, 0.15) is 13.8 Å². The summed E-state index contributed by atoms with van der Waals surface area (Å²) in [5.41, 5.74) is 1.68. The average molecular weight is 433 g/mol. The van der Waals surface area contributed by atoms with Gasteiger partial charge in [0.15, 0.2) is 0 Å². The van der Waals surface area contributed by atoms with E-state index in [0.29, 0.717) is 6.54 Å². The molecular weight excluding hydrogens is 408 g/mol. The van der Waals surface area contributed by atoms with Crippen LogP contribution in [0.5, 0.6) is 0 Å². The Labute approximate surface area is 184 Å². The lowest BCUT2D eigenvalue weighted by atomic mass is 10.1. The first-order chi connectivity index (χ1) is 15.1. The summed E-state index contributed by atoms with van der Waals surface area (Å²) in [6.07, 6.45) is 3.41. The lowest BCUT2D eigenvalue weighted by Crippen LogP contribution is -2.58. The minimum atomic E-state index is -0.00790. The van der Waals surface area contributed by atoms with Crippen molar-refractivity contribution >= 4 is 49.9 Å². The summed E-state index contributed by atoms with van der Waals surface area (Å²) in [6.45, 7) is 6.33. The molecule has 0 radical (unpaired) electrons. The van der Waals surface area contributed by atoms with E-state index in [-0.39, 0.29) is 18.0 Å². The number of amides is 1. The van der Waals surface area contributed by atoms with Crippen molar-refractivity contribution in [3.63, 3.8) is 0 Å². The van der Waals surface area contributed by atoms with E-state index in [9.17, 15) is 4.79 Å². The highest BCUT2D eigenvalue weighted by Crippen LogP contribution is 2.31. The van der Waals surface area contributed by atoms with E-state index >= 15 is 0 Å². The predicted molar refractivity (Wildman–Crippen MR) is 126 cm³/mol. The van der Waals surface area contributed by atoms with Crippen LogP contribution in [-0.4, -0.2) is 57.5 Å². The zero-order valence-electron chi connectivity index (χ0n) is 17.5. The van der Waals surface area contributed by atoms with Gasteiger partial charge in [-0.3, -0.25) is 14.7 Å². The number of anilines is 2. The second kappa shape index (κ2) is 8.20. The van der Waals surface area contributed by atoms with Crippen LogP contribution >= 0.6 is 11.3 Å². The number of hydrogen-bond donors (Lipinski definition) is 1. The van der Waals surface area contributed by atoms with E-state index in [1.54, 1.807) is 23.9 Å². The molecule has 3 aromatic heterocycles. The van der Waals surface area contributed by atoms with Crippen molar-refractivity contribution in [2.24, 2.45) is 0 Å². The molecule has 8 heteroatoms. The van der Waals surface area contributed by atoms with Crippen LogP contribution in [0.15, 0.2) is 54.3 Å². The van der Waals surface area contributed by atoms with Crippen LogP contribution in [-0.2, 0) is 4.79 Å². The van der Waals surface area contributed by atoms with Gasteiger partial charge in [-0.15, -0.1) is 11.3 Å². The predicted octanol–water partition coefficient (Wildman–Crippen LogP) is 3.78. The first-order valence-corrected chi connectivity index (χ1v) is 11.3. The van der Waals surface area contributed by atoms with Crippen LogP contribution in [0.25, 0.3) is 21.1 Å². The Bertz CT molecular complexity index is 1220. The Hall–Kier alpha value is -3.10. The van der Waals surface area contributed by atoms with Crippen molar-refractivity contribution in [3.05, 3.63) is 54.3 Å². The van der Waals surface area contributed by atoms with Gasteiger partial charge in [0.25, 0.3) is 0 Å². The molecule has 5 rings (SSSR count). The Morgan fingerprint density at radius 2 is 1.90 bits per heavy atom. The maximum Gasteiger partial charge on any atom is 0.238 e. The molecular formula is C23H24N6OS. The summed E-state index contributed by atoms with van der Waals surface area (Å²) < 4.78 is 0. The average Bonchev–Trinajstić information content (AvgIpc) is 3.23. The molecule has 4 aromatic rings. The van der Waals surface area contributed by atoms with Gasteiger partial charge in [-0.05, 0) is 49.6 Å². The van der Waals surface area contributed by atoms with E-state index in [2.05, 4.69) is 55.4 Å².